The third-order valence-electron chi connectivity index (χ3n) is 3.14. The largest absolute Gasteiger partial charge is 0.339 e. The highest BCUT2D eigenvalue weighted by Gasteiger charge is 2.08. The molecule has 6 heteroatoms. The van der Waals surface area contributed by atoms with E-state index in [0.717, 1.165) is 44.7 Å². The van der Waals surface area contributed by atoms with Gasteiger partial charge in [-0.15, -0.1) is 0 Å². The Morgan fingerprint density at radius 3 is 2.43 bits per heavy atom. The fourth-order valence-corrected chi connectivity index (χ4v) is 2.13. The van der Waals surface area contributed by atoms with E-state index in [1.165, 1.54) is 12.1 Å². The fraction of sp³-hybridized carbons (Fsp3) is 0.467. The van der Waals surface area contributed by atoms with Gasteiger partial charge in [0.1, 0.15) is 11.6 Å². The first-order valence-corrected chi connectivity index (χ1v) is 7.14. The van der Waals surface area contributed by atoms with Gasteiger partial charge in [-0.25, -0.2) is 8.78 Å². The van der Waals surface area contributed by atoms with Crippen LogP contribution in [0.4, 0.5) is 8.78 Å². The molecule has 0 atom stereocenters. The molecule has 21 heavy (non-hydrogen) atoms. The minimum absolute atomic E-state index is 0.255. The van der Waals surface area contributed by atoms with Crippen molar-refractivity contribution in [1.29, 1.82) is 0 Å². The number of aromatic nitrogens is 2. The number of hydrogen-bond acceptors (Lipinski definition) is 4. The van der Waals surface area contributed by atoms with Crippen molar-refractivity contribution in [3.63, 3.8) is 0 Å². The SMILES string of the molecule is NCCCCCCc1nc(Cc2cc(F)cc(F)c2)no1. The van der Waals surface area contributed by atoms with Crippen molar-refractivity contribution in [3.8, 4) is 0 Å². The molecular formula is C15H19F2N3O. The molecule has 0 saturated heterocycles. The Bertz CT molecular complexity index is 552. The molecule has 4 nitrogen and oxygen atoms in total. The van der Waals surface area contributed by atoms with E-state index in [-0.39, 0.29) is 6.42 Å². The Morgan fingerprint density at radius 2 is 1.71 bits per heavy atom. The van der Waals surface area contributed by atoms with E-state index in [1.54, 1.807) is 0 Å². The second-order valence-electron chi connectivity index (χ2n) is 5.01. The van der Waals surface area contributed by atoms with Crippen molar-refractivity contribution >= 4 is 0 Å². The molecule has 0 bridgehead atoms. The smallest absolute Gasteiger partial charge is 0.226 e. The molecule has 2 N–H and O–H groups in total. The van der Waals surface area contributed by atoms with E-state index in [2.05, 4.69) is 10.1 Å². The maximum Gasteiger partial charge on any atom is 0.226 e. The maximum atomic E-state index is 13.1. The van der Waals surface area contributed by atoms with E-state index < -0.39 is 11.6 Å². The second kappa shape index (κ2) is 7.83. The molecule has 1 aromatic heterocycles. The van der Waals surface area contributed by atoms with Crippen LogP contribution < -0.4 is 5.73 Å². The molecule has 0 aliphatic carbocycles. The van der Waals surface area contributed by atoms with Gasteiger partial charge in [0.15, 0.2) is 5.82 Å². The van der Waals surface area contributed by atoms with Crippen LogP contribution in [-0.4, -0.2) is 16.7 Å². The van der Waals surface area contributed by atoms with Crippen molar-refractivity contribution < 1.29 is 13.3 Å². The molecule has 0 aliphatic heterocycles. The fourth-order valence-electron chi connectivity index (χ4n) is 2.13. The van der Waals surface area contributed by atoms with Gasteiger partial charge in [0, 0.05) is 18.9 Å². The Morgan fingerprint density at radius 1 is 1.00 bits per heavy atom. The zero-order chi connectivity index (χ0) is 15.1. The minimum atomic E-state index is -0.603. The zero-order valence-corrected chi connectivity index (χ0v) is 11.8. The molecule has 114 valence electrons. The van der Waals surface area contributed by atoms with Gasteiger partial charge in [-0.1, -0.05) is 18.0 Å². The van der Waals surface area contributed by atoms with E-state index in [1.807, 2.05) is 0 Å². The number of hydrogen-bond donors (Lipinski definition) is 1. The molecule has 0 fully saturated rings. The summed E-state index contributed by atoms with van der Waals surface area (Å²) in [7, 11) is 0. The molecule has 2 rings (SSSR count). The highest BCUT2D eigenvalue weighted by molar-refractivity contribution is 5.21. The lowest BCUT2D eigenvalue weighted by molar-refractivity contribution is 0.369. The minimum Gasteiger partial charge on any atom is -0.339 e. The molecular weight excluding hydrogens is 276 g/mol. The van der Waals surface area contributed by atoms with Crippen LogP contribution in [0.15, 0.2) is 22.7 Å². The average molecular weight is 295 g/mol. The molecule has 2 aromatic rings. The molecule has 0 saturated carbocycles. The molecule has 1 aromatic carbocycles. The summed E-state index contributed by atoms with van der Waals surface area (Å²) in [6, 6.07) is 3.38. The number of nitrogens with zero attached hydrogens (tertiary/aromatic N) is 2. The number of unbranched alkanes of at least 4 members (excludes halogenated alkanes) is 3. The first-order chi connectivity index (χ1) is 10.2. The molecule has 0 spiro atoms. The van der Waals surface area contributed by atoms with Gasteiger partial charge >= 0.3 is 0 Å². The lowest BCUT2D eigenvalue weighted by atomic mass is 10.1. The molecule has 0 amide bonds. The van der Waals surface area contributed by atoms with Crippen LogP contribution in [-0.2, 0) is 12.8 Å². The van der Waals surface area contributed by atoms with E-state index in [4.69, 9.17) is 10.3 Å². The van der Waals surface area contributed by atoms with E-state index >= 15 is 0 Å². The zero-order valence-electron chi connectivity index (χ0n) is 11.8. The van der Waals surface area contributed by atoms with Crippen LogP contribution >= 0.6 is 0 Å². The predicted octanol–water partition coefficient (Wildman–Crippen LogP) is 3.00. The third kappa shape index (κ3) is 5.23. The van der Waals surface area contributed by atoms with E-state index in [9.17, 15) is 8.78 Å². The first-order valence-electron chi connectivity index (χ1n) is 7.14. The highest BCUT2D eigenvalue weighted by Crippen LogP contribution is 2.12. The molecule has 0 aliphatic rings. The number of rotatable bonds is 8. The standard InChI is InChI=1S/C15H19F2N3O/c16-12-7-11(8-13(17)10-12)9-14-19-15(21-20-14)5-3-1-2-4-6-18/h7-8,10H,1-6,9,18H2. The lowest BCUT2D eigenvalue weighted by Gasteiger charge is -1.98. The summed E-state index contributed by atoms with van der Waals surface area (Å²) in [6.45, 7) is 0.717. The second-order valence-corrected chi connectivity index (χ2v) is 5.01. The van der Waals surface area contributed by atoms with Crippen LogP contribution in [0.2, 0.25) is 0 Å². The van der Waals surface area contributed by atoms with Crippen LogP contribution in [0.3, 0.4) is 0 Å². The maximum absolute atomic E-state index is 13.1. The number of halogens is 2. The summed E-state index contributed by atoms with van der Waals surface area (Å²) in [4.78, 5) is 4.24. The van der Waals surface area contributed by atoms with Crippen LogP contribution in [0, 0.1) is 11.6 Å². The van der Waals surface area contributed by atoms with Gasteiger partial charge in [-0.05, 0) is 37.1 Å². The summed E-state index contributed by atoms with van der Waals surface area (Å²) < 4.78 is 31.3. The number of aryl methyl sites for hydroxylation is 1. The van der Waals surface area contributed by atoms with Crippen molar-refractivity contribution in [2.24, 2.45) is 5.73 Å². The van der Waals surface area contributed by atoms with Crippen molar-refractivity contribution in [2.45, 2.75) is 38.5 Å². The Labute approximate surface area is 122 Å². The van der Waals surface area contributed by atoms with E-state index in [0.29, 0.717) is 17.3 Å². The Kier molecular flexibility index (Phi) is 5.80. The summed E-state index contributed by atoms with van der Waals surface area (Å²) in [5.41, 5.74) is 5.91. The van der Waals surface area contributed by atoms with Crippen LogP contribution in [0.1, 0.15) is 43.0 Å². The van der Waals surface area contributed by atoms with Gasteiger partial charge in [0.25, 0.3) is 0 Å². The Balaban J connectivity index is 1.85. The van der Waals surface area contributed by atoms with Crippen molar-refractivity contribution in [1.82, 2.24) is 10.1 Å². The van der Waals surface area contributed by atoms with Crippen LogP contribution in [0.5, 0.6) is 0 Å². The van der Waals surface area contributed by atoms with Crippen molar-refractivity contribution in [3.05, 3.63) is 47.1 Å². The third-order valence-corrected chi connectivity index (χ3v) is 3.14. The molecule has 1 heterocycles. The van der Waals surface area contributed by atoms with Gasteiger partial charge in [-0.3, -0.25) is 0 Å². The average Bonchev–Trinajstić information content (AvgIpc) is 2.85. The summed E-state index contributed by atoms with van der Waals surface area (Å²) >= 11 is 0. The normalized spacial score (nSPS) is 11.0. The molecule has 0 radical (unpaired) electrons. The van der Waals surface area contributed by atoms with Gasteiger partial charge in [0.05, 0.1) is 0 Å². The first kappa shape index (κ1) is 15.6. The van der Waals surface area contributed by atoms with Gasteiger partial charge in [-0.2, -0.15) is 4.98 Å². The summed E-state index contributed by atoms with van der Waals surface area (Å²) in [6.07, 6.45) is 5.14. The summed E-state index contributed by atoms with van der Waals surface area (Å²) in [5.74, 6) is -0.200. The monoisotopic (exact) mass is 295 g/mol. The lowest BCUT2D eigenvalue weighted by Crippen LogP contribution is -1.98. The number of benzene rings is 1. The highest BCUT2D eigenvalue weighted by atomic mass is 19.1. The number of nitrogens with two attached hydrogens (primary N) is 1. The van der Waals surface area contributed by atoms with Crippen molar-refractivity contribution in [2.75, 3.05) is 6.54 Å². The van der Waals surface area contributed by atoms with Gasteiger partial charge in [0.2, 0.25) is 5.89 Å². The molecule has 0 unspecified atom stereocenters. The quantitative estimate of drug-likeness (QED) is 0.760. The predicted molar refractivity (Wildman–Crippen MR) is 74.7 cm³/mol. The summed E-state index contributed by atoms with van der Waals surface area (Å²) in [5, 5.41) is 3.83. The van der Waals surface area contributed by atoms with Crippen LogP contribution in [0.25, 0.3) is 0 Å². The van der Waals surface area contributed by atoms with Gasteiger partial charge < -0.3 is 10.3 Å². The Hall–Kier alpha value is -1.82. The topological polar surface area (TPSA) is 64.9 Å².